The van der Waals surface area contributed by atoms with E-state index in [9.17, 15) is 13.2 Å². The third-order valence-electron chi connectivity index (χ3n) is 3.43. The maximum Gasteiger partial charge on any atom is 0.401 e. The molecule has 1 saturated carbocycles. The van der Waals surface area contributed by atoms with E-state index in [4.69, 9.17) is 5.73 Å². The lowest BCUT2D eigenvalue weighted by atomic mass is 9.85. The minimum absolute atomic E-state index is 0.0743. The van der Waals surface area contributed by atoms with Gasteiger partial charge in [0, 0.05) is 18.6 Å². The Labute approximate surface area is 101 Å². The van der Waals surface area contributed by atoms with Crippen molar-refractivity contribution in [3.63, 3.8) is 0 Å². The van der Waals surface area contributed by atoms with Gasteiger partial charge in [0.25, 0.3) is 0 Å². The van der Waals surface area contributed by atoms with E-state index in [1.165, 1.54) is 4.90 Å². The van der Waals surface area contributed by atoms with Gasteiger partial charge >= 0.3 is 6.18 Å². The minimum Gasteiger partial charge on any atom is -0.328 e. The van der Waals surface area contributed by atoms with Crippen LogP contribution in [0.15, 0.2) is 0 Å². The molecule has 0 aromatic heterocycles. The van der Waals surface area contributed by atoms with Crippen LogP contribution in [0, 0.1) is 5.92 Å². The quantitative estimate of drug-likeness (QED) is 0.833. The summed E-state index contributed by atoms with van der Waals surface area (Å²) in [7, 11) is 0. The summed E-state index contributed by atoms with van der Waals surface area (Å²) >= 11 is 0. The minimum atomic E-state index is -4.11. The molecule has 1 fully saturated rings. The van der Waals surface area contributed by atoms with Gasteiger partial charge in [0.2, 0.25) is 0 Å². The first-order chi connectivity index (χ1) is 7.78. The van der Waals surface area contributed by atoms with Gasteiger partial charge in [-0.15, -0.1) is 0 Å². The summed E-state index contributed by atoms with van der Waals surface area (Å²) in [4.78, 5) is 1.52. The van der Waals surface area contributed by atoms with Crippen molar-refractivity contribution >= 4 is 0 Å². The molecule has 0 spiro atoms. The van der Waals surface area contributed by atoms with E-state index in [2.05, 4.69) is 0 Å². The van der Waals surface area contributed by atoms with E-state index < -0.39 is 12.7 Å². The summed E-state index contributed by atoms with van der Waals surface area (Å²) < 4.78 is 37.3. The Morgan fingerprint density at radius 1 is 1.29 bits per heavy atom. The molecule has 1 aliphatic rings. The van der Waals surface area contributed by atoms with Crippen LogP contribution in [0.1, 0.15) is 39.5 Å². The van der Waals surface area contributed by atoms with Crippen molar-refractivity contribution in [1.29, 1.82) is 0 Å². The molecule has 0 aromatic rings. The number of alkyl halides is 3. The molecule has 2 N–H and O–H groups in total. The fraction of sp³-hybridized carbons (Fsp3) is 1.00. The normalized spacial score (nSPS) is 26.8. The van der Waals surface area contributed by atoms with Crippen molar-refractivity contribution in [3.05, 3.63) is 0 Å². The maximum absolute atomic E-state index is 12.4. The summed E-state index contributed by atoms with van der Waals surface area (Å²) in [6.45, 7) is 3.34. The van der Waals surface area contributed by atoms with Crippen LogP contribution >= 0.6 is 0 Å². The van der Waals surface area contributed by atoms with Crippen molar-refractivity contribution in [2.45, 2.75) is 57.8 Å². The number of nitrogens with two attached hydrogens (primary N) is 1. The van der Waals surface area contributed by atoms with Crippen LogP contribution < -0.4 is 5.73 Å². The van der Waals surface area contributed by atoms with E-state index in [1.807, 2.05) is 13.8 Å². The fourth-order valence-corrected chi connectivity index (χ4v) is 2.52. The molecule has 2 unspecified atom stereocenters. The summed E-state index contributed by atoms with van der Waals surface area (Å²) in [6, 6.07) is 0.100. The third kappa shape index (κ3) is 5.73. The first-order valence-electron chi connectivity index (χ1n) is 6.34. The Morgan fingerprint density at radius 2 is 1.94 bits per heavy atom. The molecule has 0 aliphatic heterocycles. The Kier molecular flexibility index (Phi) is 5.25. The van der Waals surface area contributed by atoms with Gasteiger partial charge in [0.1, 0.15) is 0 Å². The number of halogens is 3. The molecule has 102 valence electrons. The van der Waals surface area contributed by atoms with E-state index in [1.54, 1.807) is 0 Å². The first kappa shape index (κ1) is 14.8. The molecule has 17 heavy (non-hydrogen) atoms. The molecular weight excluding hydrogens is 229 g/mol. The average molecular weight is 252 g/mol. The summed E-state index contributed by atoms with van der Waals surface area (Å²) in [5.41, 5.74) is 5.86. The van der Waals surface area contributed by atoms with Crippen molar-refractivity contribution in [2.24, 2.45) is 11.7 Å². The van der Waals surface area contributed by atoms with Crippen molar-refractivity contribution in [3.8, 4) is 0 Å². The molecule has 2 atom stereocenters. The molecule has 1 rings (SSSR count). The van der Waals surface area contributed by atoms with Crippen LogP contribution in [0.2, 0.25) is 0 Å². The van der Waals surface area contributed by atoms with Gasteiger partial charge in [-0.3, -0.25) is 4.90 Å². The fourth-order valence-electron chi connectivity index (χ4n) is 2.52. The molecule has 0 saturated heterocycles. The van der Waals surface area contributed by atoms with Gasteiger partial charge in [-0.25, -0.2) is 0 Å². The van der Waals surface area contributed by atoms with Gasteiger partial charge < -0.3 is 5.73 Å². The second-order valence-electron chi connectivity index (χ2n) is 5.43. The Hall–Kier alpha value is -0.290. The standard InChI is InChI=1S/C12H23F3N2/c1-9(2)17(8-12(13,14)15)7-10-4-3-5-11(16)6-10/h9-11H,3-8,16H2,1-2H3. The van der Waals surface area contributed by atoms with Crippen LogP contribution in [-0.4, -0.2) is 36.2 Å². The van der Waals surface area contributed by atoms with Crippen LogP contribution in [0.5, 0.6) is 0 Å². The van der Waals surface area contributed by atoms with Gasteiger partial charge in [-0.1, -0.05) is 6.42 Å². The average Bonchev–Trinajstić information content (AvgIpc) is 2.14. The van der Waals surface area contributed by atoms with Gasteiger partial charge in [-0.05, 0) is 39.0 Å². The Morgan fingerprint density at radius 3 is 2.41 bits per heavy atom. The summed E-state index contributed by atoms with van der Waals surface area (Å²) in [5.74, 6) is 0.323. The Bertz CT molecular complexity index is 228. The maximum atomic E-state index is 12.4. The van der Waals surface area contributed by atoms with E-state index >= 15 is 0 Å². The lowest BCUT2D eigenvalue weighted by molar-refractivity contribution is -0.151. The van der Waals surface area contributed by atoms with Gasteiger partial charge in [-0.2, -0.15) is 13.2 Å². The zero-order valence-electron chi connectivity index (χ0n) is 10.6. The largest absolute Gasteiger partial charge is 0.401 e. The lowest BCUT2D eigenvalue weighted by Crippen LogP contribution is -2.43. The molecule has 0 radical (unpaired) electrons. The SMILES string of the molecule is CC(C)N(CC1CCCC(N)C1)CC(F)(F)F. The monoisotopic (exact) mass is 252 g/mol. The van der Waals surface area contributed by atoms with Gasteiger partial charge in [0.05, 0.1) is 6.54 Å². The highest BCUT2D eigenvalue weighted by Gasteiger charge is 2.33. The summed E-state index contributed by atoms with van der Waals surface area (Å²) in [6.07, 6.45) is -0.182. The first-order valence-corrected chi connectivity index (χ1v) is 6.34. The van der Waals surface area contributed by atoms with Crippen LogP contribution in [0.3, 0.4) is 0 Å². The smallest absolute Gasteiger partial charge is 0.328 e. The molecule has 5 heteroatoms. The molecule has 0 heterocycles. The number of hydrogen-bond donors (Lipinski definition) is 1. The zero-order valence-corrected chi connectivity index (χ0v) is 10.6. The highest BCUT2D eigenvalue weighted by atomic mass is 19.4. The van der Waals surface area contributed by atoms with Crippen LogP contribution in [0.25, 0.3) is 0 Å². The highest BCUT2D eigenvalue weighted by Crippen LogP contribution is 2.26. The van der Waals surface area contributed by atoms with E-state index in [0.29, 0.717) is 12.5 Å². The Balaban J connectivity index is 2.48. The van der Waals surface area contributed by atoms with Crippen molar-refractivity contribution in [2.75, 3.05) is 13.1 Å². The number of rotatable bonds is 4. The molecule has 0 aromatic carbocycles. The van der Waals surface area contributed by atoms with E-state index in [-0.39, 0.29) is 12.1 Å². The highest BCUT2D eigenvalue weighted by molar-refractivity contribution is 4.79. The molecule has 2 nitrogen and oxygen atoms in total. The third-order valence-corrected chi connectivity index (χ3v) is 3.43. The molecular formula is C12H23F3N2. The second-order valence-corrected chi connectivity index (χ2v) is 5.43. The van der Waals surface area contributed by atoms with Gasteiger partial charge in [0.15, 0.2) is 0 Å². The lowest BCUT2D eigenvalue weighted by Gasteiger charge is -2.34. The molecule has 0 bridgehead atoms. The van der Waals surface area contributed by atoms with Crippen molar-refractivity contribution < 1.29 is 13.2 Å². The summed E-state index contributed by atoms with van der Waals surface area (Å²) in [5, 5.41) is 0. The molecule has 0 amide bonds. The predicted octanol–water partition coefficient (Wildman–Crippen LogP) is 2.78. The number of nitrogens with zero attached hydrogens (tertiary/aromatic N) is 1. The molecule has 1 aliphatic carbocycles. The van der Waals surface area contributed by atoms with Crippen LogP contribution in [0.4, 0.5) is 13.2 Å². The predicted molar refractivity (Wildman–Crippen MR) is 62.7 cm³/mol. The van der Waals surface area contributed by atoms with E-state index in [0.717, 1.165) is 25.7 Å². The second kappa shape index (κ2) is 6.05. The zero-order chi connectivity index (χ0) is 13.1. The topological polar surface area (TPSA) is 29.3 Å². The van der Waals surface area contributed by atoms with Crippen molar-refractivity contribution in [1.82, 2.24) is 4.90 Å². The van der Waals surface area contributed by atoms with Crippen LogP contribution in [-0.2, 0) is 0 Å². The number of hydrogen-bond acceptors (Lipinski definition) is 2.